The van der Waals surface area contributed by atoms with Crippen molar-refractivity contribution in [1.82, 2.24) is 19.9 Å². The Bertz CT molecular complexity index is 506. The van der Waals surface area contributed by atoms with E-state index in [2.05, 4.69) is 15.4 Å². The van der Waals surface area contributed by atoms with Crippen LogP contribution in [0.3, 0.4) is 0 Å². The van der Waals surface area contributed by atoms with Crippen molar-refractivity contribution in [3.63, 3.8) is 0 Å². The number of nitrogens with zero attached hydrogens (tertiary/aromatic N) is 3. The number of rotatable bonds is 3. The van der Waals surface area contributed by atoms with E-state index in [0.29, 0.717) is 18.0 Å². The molecule has 6 nitrogen and oxygen atoms in total. The number of hydrogen-bond donors (Lipinski definition) is 2. The quantitative estimate of drug-likeness (QED) is 0.747. The van der Waals surface area contributed by atoms with Gasteiger partial charge >= 0.3 is 5.97 Å². The van der Waals surface area contributed by atoms with Gasteiger partial charge in [0.05, 0.1) is 6.54 Å². The molecule has 2 rings (SSSR count). The molecule has 0 saturated carbocycles. The Balaban J connectivity index is 2.59. The zero-order chi connectivity index (χ0) is 10.8. The smallest absolute Gasteiger partial charge is 0.339 e. The van der Waals surface area contributed by atoms with E-state index in [1.54, 1.807) is 19.3 Å². The van der Waals surface area contributed by atoms with Crippen molar-refractivity contribution in [3.8, 4) is 0 Å². The van der Waals surface area contributed by atoms with Crippen molar-refractivity contribution in [3.05, 3.63) is 29.7 Å². The van der Waals surface area contributed by atoms with Gasteiger partial charge in [-0.15, -0.1) is 5.10 Å². The van der Waals surface area contributed by atoms with Gasteiger partial charge in [-0.3, -0.25) is 0 Å². The fourth-order valence-corrected chi connectivity index (χ4v) is 1.35. The van der Waals surface area contributed by atoms with Gasteiger partial charge in [0.1, 0.15) is 5.56 Å². The topological polar surface area (TPSA) is 79.5 Å². The van der Waals surface area contributed by atoms with Crippen LogP contribution in [-0.4, -0.2) is 32.7 Å². The molecule has 2 aromatic heterocycles. The summed E-state index contributed by atoms with van der Waals surface area (Å²) in [5.74, 6) is -0.421. The maximum atomic E-state index is 10.9. The number of aromatic carboxylic acids is 1. The minimum atomic E-state index is -0.996. The van der Waals surface area contributed by atoms with E-state index in [1.807, 2.05) is 0 Å². The predicted octanol–water partition coefficient (Wildman–Crippen LogP) is 0.147. The average Bonchev–Trinajstić information content (AvgIpc) is 2.59. The van der Waals surface area contributed by atoms with Gasteiger partial charge in [0.15, 0.2) is 11.5 Å². The number of carboxylic acids is 1. The first kappa shape index (κ1) is 9.60. The van der Waals surface area contributed by atoms with Gasteiger partial charge in [0.25, 0.3) is 0 Å². The first-order valence-corrected chi connectivity index (χ1v) is 4.44. The Kier molecular flexibility index (Phi) is 2.34. The molecule has 0 saturated heterocycles. The van der Waals surface area contributed by atoms with Gasteiger partial charge in [0.2, 0.25) is 0 Å². The molecule has 0 aromatic carbocycles. The number of carbonyl (C=O) groups is 1. The molecule has 0 fully saturated rings. The van der Waals surface area contributed by atoms with Crippen molar-refractivity contribution in [2.75, 3.05) is 7.05 Å². The normalized spacial score (nSPS) is 10.7. The van der Waals surface area contributed by atoms with Crippen molar-refractivity contribution >= 4 is 11.6 Å². The van der Waals surface area contributed by atoms with Crippen molar-refractivity contribution in [2.45, 2.75) is 6.54 Å². The monoisotopic (exact) mass is 206 g/mol. The third-order valence-corrected chi connectivity index (χ3v) is 1.97. The Labute approximate surface area is 85.6 Å². The van der Waals surface area contributed by atoms with E-state index in [9.17, 15) is 4.79 Å². The van der Waals surface area contributed by atoms with Crippen LogP contribution in [0.25, 0.3) is 5.65 Å². The third kappa shape index (κ3) is 1.66. The summed E-state index contributed by atoms with van der Waals surface area (Å²) in [6.07, 6.45) is 1.67. The molecule has 0 aliphatic carbocycles. The van der Waals surface area contributed by atoms with Gasteiger partial charge in [-0.25, -0.2) is 14.3 Å². The molecule has 2 N–H and O–H groups in total. The second-order valence-corrected chi connectivity index (χ2v) is 3.05. The number of hydrogen-bond acceptors (Lipinski definition) is 4. The fraction of sp³-hybridized carbons (Fsp3) is 0.222. The molecule has 2 heterocycles. The Morgan fingerprint density at radius 1 is 1.67 bits per heavy atom. The van der Waals surface area contributed by atoms with Crippen LogP contribution in [0, 0.1) is 0 Å². The summed E-state index contributed by atoms with van der Waals surface area (Å²) in [6.45, 7) is 0.515. The average molecular weight is 206 g/mol. The highest BCUT2D eigenvalue weighted by Gasteiger charge is 2.12. The number of fused-ring (bicyclic) bond motifs is 1. The second kappa shape index (κ2) is 3.66. The number of carboxylic acid groups (broad SMARTS) is 1. The lowest BCUT2D eigenvalue weighted by atomic mass is 10.3. The standard InChI is InChI=1S/C9H10N4O2/c1-10-5-7-11-8-6(9(14)15)3-2-4-13(8)12-7/h2-4,10H,5H2,1H3,(H,14,15). The molecule has 0 unspecified atom stereocenters. The van der Waals surface area contributed by atoms with Crippen LogP contribution in [-0.2, 0) is 6.54 Å². The van der Waals surface area contributed by atoms with E-state index < -0.39 is 5.97 Å². The Morgan fingerprint density at radius 3 is 3.13 bits per heavy atom. The van der Waals surface area contributed by atoms with Crippen LogP contribution in [0.2, 0.25) is 0 Å². The van der Waals surface area contributed by atoms with E-state index >= 15 is 0 Å². The molecule has 0 amide bonds. The van der Waals surface area contributed by atoms with Gasteiger partial charge in [-0.2, -0.15) is 0 Å². The lowest BCUT2D eigenvalue weighted by molar-refractivity contribution is 0.0698. The lowest BCUT2D eigenvalue weighted by Gasteiger charge is -1.94. The van der Waals surface area contributed by atoms with Gasteiger partial charge in [-0.05, 0) is 19.2 Å². The molecular weight excluding hydrogens is 196 g/mol. The minimum Gasteiger partial charge on any atom is -0.478 e. The highest BCUT2D eigenvalue weighted by Crippen LogP contribution is 2.08. The third-order valence-electron chi connectivity index (χ3n) is 1.97. The van der Waals surface area contributed by atoms with Crippen LogP contribution in [0.1, 0.15) is 16.2 Å². The zero-order valence-corrected chi connectivity index (χ0v) is 8.14. The van der Waals surface area contributed by atoms with Crippen LogP contribution in [0.4, 0.5) is 0 Å². The number of nitrogens with one attached hydrogen (secondary N) is 1. The van der Waals surface area contributed by atoms with Gasteiger partial charge < -0.3 is 10.4 Å². The predicted molar refractivity (Wildman–Crippen MR) is 52.7 cm³/mol. The van der Waals surface area contributed by atoms with Gasteiger partial charge in [0, 0.05) is 6.20 Å². The zero-order valence-electron chi connectivity index (χ0n) is 8.14. The lowest BCUT2D eigenvalue weighted by Crippen LogP contribution is -2.06. The summed E-state index contributed by atoms with van der Waals surface area (Å²) in [7, 11) is 1.78. The second-order valence-electron chi connectivity index (χ2n) is 3.05. The molecule has 15 heavy (non-hydrogen) atoms. The summed E-state index contributed by atoms with van der Waals surface area (Å²) < 4.78 is 1.47. The first-order valence-electron chi connectivity index (χ1n) is 4.44. The van der Waals surface area contributed by atoms with Crippen LogP contribution in [0.5, 0.6) is 0 Å². The molecule has 6 heteroatoms. The molecule has 0 bridgehead atoms. The summed E-state index contributed by atoms with van der Waals surface area (Å²) in [6, 6.07) is 3.14. The Morgan fingerprint density at radius 2 is 2.47 bits per heavy atom. The van der Waals surface area contributed by atoms with Crippen molar-refractivity contribution in [2.24, 2.45) is 0 Å². The molecule has 0 aliphatic heterocycles. The molecule has 0 radical (unpaired) electrons. The molecule has 78 valence electrons. The van der Waals surface area contributed by atoms with Crippen molar-refractivity contribution in [1.29, 1.82) is 0 Å². The summed E-state index contributed by atoms with van der Waals surface area (Å²) in [5, 5.41) is 16.0. The Hall–Kier alpha value is -1.95. The summed E-state index contributed by atoms with van der Waals surface area (Å²) >= 11 is 0. The first-order chi connectivity index (χ1) is 7.22. The molecule has 0 spiro atoms. The number of pyridine rings is 1. The van der Waals surface area contributed by atoms with E-state index in [-0.39, 0.29) is 5.56 Å². The van der Waals surface area contributed by atoms with E-state index in [0.717, 1.165) is 0 Å². The largest absolute Gasteiger partial charge is 0.478 e. The highest BCUT2D eigenvalue weighted by molar-refractivity contribution is 5.94. The van der Waals surface area contributed by atoms with Crippen LogP contribution < -0.4 is 5.32 Å². The van der Waals surface area contributed by atoms with Crippen molar-refractivity contribution < 1.29 is 9.90 Å². The molecular formula is C9H10N4O2. The maximum Gasteiger partial charge on any atom is 0.339 e. The number of aromatic nitrogens is 3. The van der Waals surface area contributed by atoms with Crippen LogP contribution >= 0.6 is 0 Å². The molecule has 0 atom stereocenters. The summed E-state index contributed by atoms with van der Waals surface area (Å²) in [4.78, 5) is 15.0. The molecule has 2 aromatic rings. The van der Waals surface area contributed by atoms with Crippen LogP contribution in [0.15, 0.2) is 18.3 Å². The van der Waals surface area contributed by atoms with E-state index in [4.69, 9.17) is 5.11 Å². The minimum absolute atomic E-state index is 0.160. The maximum absolute atomic E-state index is 10.9. The summed E-state index contributed by atoms with van der Waals surface area (Å²) in [5.41, 5.74) is 0.530. The fourth-order valence-electron chi connectivity index (χ4n) is 1.35. The van der Waals surface area contributed by atoms with E-state index in [1.165, 1.54) is 10.6 Å². The van der Waals surface area contributed by atoms with Gasteiger partial charge in [-0.1, -0.05) is 0 Å². The SMILES string of the molecule is CNCc1nc2c(C(=O)O)cccn2n1. The highest BCUT2D eigenvalue weighted by atomic mass is 16.4. The molecule has 0 aliphatic rings.